The van der Waals surface area contributed by atoms with Gasteiger partial charge in [0.15, 0.2) is 0 Å². The summed E-state index contributed by atoms with van der Waals surface area (Å²) >= 11 is 5.89. The molecule has 0 N–H and O–H groups in total. The maximum atomic E-state index is 5.89. The minimum absolute atomic E-state index is 0.587. The van der Waals surface area contributed by atoms with E-state index < -0.39 is 0 Å². The van der Waals surface area contributed by atoms with Crippen molar-refractivity contribution >= 4 is 11.6 Å². The second-order valence-corrected chi connectivity index (χ2v) is 3.77. The van der Waals surface area contributed by atoms with E-state index >= 15 is 0 Å². The van der Waals surface area contributed by atoms with Gasteiger partial charge in [0.05, 0.1) is 0 Å². The highest BCUT2D eigenvalue weighted by atomic mass is 35.5. The van der Waals surface area contributed by atoms with Crippen molar-refractivity contribution in [1.82, 2.24) is 0 Å². The second kappa shape index (κ2) is 5.08. The van der Waals surface area contributed by atoms with Crippen molar-refractivity contribution in [1.29, 1.82) is 0 Å². The van der Waals surface area contributed by atoms with Crippen molar-refractivity contribution in [2.24, 2.45) is 5.92 Å². The molecule has 0 aliphatic carbocycles. The molecule has 0 heterocycles. The van der Waals surface area contributed by atoms with Crippen LogP contribution >= 0.6 is 11.6 Å². The summed E-state index contributed by atoms with van der Waals surface area (Å²) in [6, 6.07) is 8.05. The minimum atomic E-state index is 0.587. The number of hydrogen-bond donors (Lipinski definition) is 0. The Morgan fingerprint density at radius 1 is 1.46 bits per heavy atom. The molecule has 0 spiro atoms. The van der Waals surface area contributed by atoms with Crippen LogP contribution in [0.25, 0.3) is 0 Å². The molecule has 0 saturated heterocycles. The molecule has 0 aromatic heterocycles. The Bertz CT molecular complexity index is 289. The third kappa shape index (κ3) is 3.65. The van der Waals surface area contributed by atoms with Crippen LogP contribution in [-0.2, 0) is 6.42 Å². The first-order chi connectivity index (χ1) is 6.22. The number of benzene rings is 1. The minimum Gasteiger partial charge on any atom is -0.0914 e. The average Bonchev–Trinajstić information content (AvgIpc) is 2.04. The predicted octanol–water partition coefficient (Wildman–Crippen LogP) is 4.09. The third-order valence-electron chi connectivity index (χ3n) is 1.97. The first kappa shape index (κ1) is 10.3. The Balaban J connectivity index is 2.63. The van der Waals surface area contributed by atoms with Gasteiger partial charge in [-0.25, -0.2) is 0 Å². The van der Waals surface area contributed by atoms with Crippen molar-refractivity contribution in [2.75, 3.05) is 0 Å². The fourth-order valence-electron chi connectivity index (χ4n) is 1.43. The molecular formula is C12H15Cl. The zero-order valence-electron chi connectivity index (χ0n) is 8.13. The van der Waals surface area contributed by atoms with Crippen molar-refractivity contribution in [3.8, 4) is 0 Å². The van der Waals surface area contributed by atoms with Crippen molar-refractivity contribution < 1.29 is 0 Å². The molecule has 1 aromatic carbocycles. The molecule has 1 atom stereocenters. The van der Waals surface area contributed by atoms with E-state index in [0.29, 0.717) is 5.92 Å². The van der Waals surface area contributed by atoms with E-state index in [9.17, 15) is 0 Å². The van der Waals surface area contributed by atoms with E-state index in [1.165, 1.54) is 5.56 Å². The van der Waals surface area contributed by atoms with Crippen LogP contribution in [0.5, 0.6) is 0 Å². The van der Waals surface area contributed by atoms with Crippen molar-refractivity contribution in [3.05, 3.63) is 47.0 Å². The van der Waals surface area contributed by atoms with Gasteiger partial charge in [-0.2, -0.15) is 0 Å². The molecular weight excluding hydrogens is 180 g/mol. The summed E-state index contributed by atoms with van der Waals surface area (Å²) in [5.74, 6) is 0.587. The molecule has 70 valence electrons. The van der Waals surface area contributed by atoms with Gasteiger partial charge in [0, 0.05) is 5.02 Å². The zero-order chi connectivity index (χ0) is 9.68. The summed E-state index contributed by atoms with van der Waals surface area (Å²) in [6.45, 7) is 4.26. The third-order valence-corrected chi connectivity index (χ3v) is 2.20. The van der Waals surface area contributed by atoms with E-state index in [1.54, 1.807) is 0 Å². The summed E-state index contributed by atoms with van der Waals surface area (Å²) in [6.07, 6.45) is 5.36. The molecule has 1 rings (SSSR count). The average molecular weight is 195 g/mol. The zero-order valence-corrected chi connectivity index (χ0v) is 8.88. The van der Waals surface area contributed by atoms with Crippen LogP contribution in [0.15, 0.2) is 36.4 Å². The Kier molecular flexibility index (Phi) is 4.04. The number of allylic oxidation sites excluding steroid dienone is 2. The van der Waals surface area contributed by atoms with Crippen LogP contribution < -0.4 is 0 Å². The van der Waals surface area contributed by atoms with Gasteiger partial charge in [-0.15, -0.1) is 0 Å². The SMILES string of the molecule is C/C=C\C(C)Cc1cccc(Cl)c1. The maximum absolute atomic E-state index is 5.89. The van der Waals surface area contributed by atoms with Crippen molar-refractivity contribution in [2.45, 2.75) is 20.3 Å². The Labute approximate surface area is 85.2 Å². The summed E-state index contributed by atoms with van der Waals surface area (Å²) in [4.78, 5) is 0. The van der Waals surface area contributed by atoms with Gasteiger partial charge >= 0.3 is 0 Å². The predicted molar refractivity (Wildman–Crippen MR) is 59.1 cm³/mol. The summed E-state index contributed by atoms with van der Waals surface area (Å²) in [5.41, 5.74) is 1.30. The highest BCUT2D eigenvalue weighted by Crippen LogP contribution is 2.14. The largest absolute Gasteiger partial charge is 0.0914 e. The van der Waals surface area contributed by atoms with Crippen LogP contribution in [0, 0.1) is 5.92 Å². The number of halogens is 1. The Morgan fingerprint density at radius 3 is 2.85 bits per heavy atom. The molecule has 0 aliphatic rings. The van der Waals surface area contributed by atoms with Crippen LogP contribution in [0.2, 0.25) is 5.02 Å². The van der Waals surface area contributed by atoms with Crippen LogP contribution in [0.4, 0.5) is 0 Å². The monoisotopic (exact) mass is 194 g/mol. The highest BCUT2D eigenvalue weighted by molar-refractivity contribution is 6.30. The van der Waals surface area contributed by atoms with Crippen LogP contribution in [0.3, 0.4) is 0 Å². The smallest absolute Gasteiger partial charge is 0.0408 e. The normalized spacial score (nSPS) is 13.5. The molecule has 1 unspecified atom stereocenters. The van der Waals surface area contributed by atoms with Gasteiger partial charge in [0.25, 0.3) is 0 Å². The molecule has 0 nitrogen and oxygen atoms in total. The summed E-state index contributed by atoms with van der Waals surface area (Å²) < 4.78 is 0. The van der Waals surface area contributed by atoms with E-state index in [0.717, 1.165) is 11.4 Å². The first-order valence-corrected chi connectivity index (χ1v) is 4.97. The van der Waals surface area contributed by atoms with Gasteiger partial charge in [0.2, 0.25) is 0 Å². The van der Waals surface area contributed by atoms with Gasteiger partial charge in [-0.3, -0.25) is 0 Å². The lowest BCUT2D eigenvalue weighted by Gasteiger charge is -2.05. The lowest BCUT2D eigenvalue weighted by molar-refractivity contribution is 0.722. The molecule has 0 saturated carbocycles. The van der Waals surface area contributed by atoms with Gasteiger partial charge in [-0.05, 0) is 37.0 Å². The van der Waals surface area contributed by atoms with E-state index in [1.807, 2.05) is 18.2 Å². The fourth-order valence-corrected chi connectivity index (χ4v) is 1.65. The molecule has 1 aromatic rings. The van der Waals surface area contributed by atoms with Crippen LogP contribution in [0.1, 0.15) is 19.4 Å². The van der Waals surface area contributed by atoms with E-state index in [4.69, 9.17) is 11.6 Å². The van der Waals surface area contributed by atoms with E-state index in [-0.39, 0.29) is 0 Å². The molecule has 1 heteroatoms. The summed E-state index contributed by atoms with van der Waals surface area (Å²) in [7, 11) is 0. The molecule has 0 amide bonds. The molecule has 0 radical (unpaired) electrons. The quantitative estimate of drug-likeness (QED) is 0.636. The highest BCUT2D eigenvalue weighted by Gasteiger charge is 1.99. The molecule has 0 bridgehead atoms. The van der Waals surface area contributed by atoms with Gasteiger partial charge in [-0.1, -0.05) is 42.8 Å². The molecule has 0 aliphatic heterocycles. The number of rotatable bonds is 3. The fraction of sp³-hybridized carbons (Fsp3) is 0.333. The van der Waals surface area contributed by atoms with Crippen molar-refractivity contribution in [3.63, 3.8) is 0 Å². The van der Waals surface area contributed by atoms with Crippen LogP contribution in [-0.4, -0.2) is 0 Å². The Morgan fingerprint density at radius 2 is 2.23 bits per heavy atom. The standard InChI is InChI=1S/C12H15Cl/c1-3-5-10(2)8-11-6-4-7-12(13)9-11/h3-7,9-10H,8H2,1-2H3/b5-3-. The maximum Gasteiger partial charge on any atom is 0.0408 e. The molecule has 13 heavy (non-hydrogen) atoms. The molecule has 0 fully saturated rings. The van der Waals surface area contributed by atoms with Gasteiger partial charge in [0.1, 0.15) is 0 Å². The lowest BCUT2D eigenvalue weighted by Crippen LogP contribution is -1.95. The van der Waals surface area contributed by atoms with E-state index in [2.05, 4.69) is 32.1 Å². The summed E-state index contributed by atoms with van der Waals surface area (Å²) in [5, 5.41) is 0.824. The Hall–Kier alpha value is -0.750. The number of hydrogen-bond acceptors (Lipinski definition) is 0. The van der Waals surface area contributed by atoms with Gasteiger partial charge < -0.3 is 0 Å². The second-order valence-electron chi connectivity index (χ2n) is 3.34. The topological polar surface area (TPSA) is 0 Å². The first-order valence-electron chi connectivity index (χ1n) is 4.59. The lowest BCUT2D eigenvalue weighted by atomic mass is 10.0.